The number of rotatable bonds is 4. The van der Waals surface area contributed by atoms with Crippen molar-refractivity contribution in [1.29, 1.82) is 0 Å². The molecule has 0 spiro atoms. The van der Waals surface area contributed by atoms with Crippen molar-refractivity contribution in [2.75, 3.05) is 6.61 Å². The standard InChI is InChI=1S/C24H20Cl2O2/c1-2-27-18-14-12-17(13-15-18)23-22(24(23,25)26)21(16-8-4-3-5-9-16)19-10-6-7-11-20(19)28-23/h3-15,21-22H,2H2,1H3/t21-,22+,23+/m1/s1. The van der Waals surface area contributed by atoms with Gasteiger partial charge >= 0.3 is 0 Å². The third-order valence-electron chi connectivity index (χ3n) is 5.85. The second-order valence-electron chi connectivity index (χ2n) is 7.32. The average Bonchev–Trinajstić information content (AvgIpc) is 3.23. The van der Waals surface area contributed by atoms with Crippen LogP contribution in [0.3, 0.4) is 0 Å². The molecule has 3 aromatic carbocycles. The first-order valence-electron chi connectivity index (χ1n) is 9.53. The van der Waals surface area contributed by atoms with Crippen LogP contribution in [0.2, 0.25) is 0 Å². The molecule has 4 heteroatoms. The van der Waals surface area contributed by atoms with E-state index < -0.39 is 9.93 Å². The van der Waals surface area contributed by atoms with E-state index in [4.69, 9.17) is 32.7 Å². The summed E-state index contributed by atoms with van der Waals surface area (Å²) >= 11 is 13.9. The highest BCUT2D eigenvalue weighted by atomic mass is 35.5. The number of ether oxygens (including phenoxy) is 2. The molecular formula is C24H20Cl2O2. The Morgan fingerprint density at radius 1 is 0.893 bits per heavy atom. The molecule has 3 aromatic rings. The van der Waals surface area contributed by atoms with E-state index in [1.54, 1.807) is 0 Å². The summed E-state index contributed by atoms with van der Waals surface area (Å²) in [4.78, 5) is 0. The summed E-state index contributed by atoms with van der Waals surface area (Å²) in [5.74, 6) is 1.64. The summed E-state index contributed by atoms with van der Waals surface area (Å²) in [6.07, 6.45) is 0. The van der Waals surface area contributed by atoms with Crippen LogP contribution in [0.25, 0.3) is 0 Å². The molecule has 1 saturated carbocycles. The molecule has 0 bridgehead atoms. The number of hydrogen-bond donors (Lipinski definition) is 0. The van der Waals surface area contributed by atoms with Crippen molar-refractivity contribution in [3.05, 3.63) is 95.6 Å². The van der Waals surface area contributed by atoms with Gasteiger partial charge in [0, 0.05) is 11.5 Å². The molecular weight excluding hydrogens is 391 g/mol. The van der Waals surface area contributed by atoms with E-state index in [1.165, 1.54) is 5.56 Å². The highest BCUT2D eigenvalue weighted by molar-refractivity contribution is 6.52. The third kappa shape index (κ3) is 2.41. The second kappa shape index (κ2) is 6.43. The van der Waals surface area contributed by atoms with E-state index in [-0.39, 0.29) is 11.8 Å². The van der Waals surface area contributed by atoms with E-state index in [0.717, 1.165) is 22.6 Å². The van der Waals surface area contributed by atoms with E-state index in [1.807, 2.05) is 55.5 Å². The van der Waals surface area contributed by atoms with Crippen molar-refractivity contribution in [2.45, 2.75) is 22.8 Å². The molecule has 2 aliphatic rings. The predicted molar refractivity (Wildman–Crippen MR) is 113 cm³/mol. The Morgan fingerprint density at radius 2 is 1.57 bits per heavy atom. The average molecular weight is 411 g/mol. The Bertz CT molecular complexity index is 1000. The van der Waals surface area contributed by atoms with Crippen LogP contribution in [-0.2, 0) is 5.60 Å². The van der Waals surface area contributed by atoms with Crippen LogP contribution in [-0.4, -0.2) is 10.9 Å². The summed E-state index contributed by atoms with van der Waals surface area (Å²) < 4.78 is 11.1. The SMILES string of the molecule is CCOc1ccc([C@]23Oc4ccccc4[C@@H](c4ccccc4)[C@@H]2C3(Cl)Cl)cc1. The van der Waals surface area contributed by atoms with Crippen LogP contribution in [0.1, 0.15) is 29.5 Å². The lowest BCUT2D eigenvalue weighted by molar-refractivity contribution is 0.137. The first kappa shape index (κ1) is 17.9. The molecule has 0 saturated heterocycles. The lowest BCUT2D eigenvalue weighted by Gasteiger charge is -2.31. The van der Waals surface area contributed by atoms with Crippen LogP contribution in [0, 0.1) is 5.92 Å². The van der Waals surface area contributed by atoms with Gasteiger partial charge in [0.05, 0.1) is 12.5 Å². The van der Waals surface area contributed by atoms with Gasteiger partial charge in [-0.05, 0) is 36.2 Å². The zero-order chi connectivity index (χ0) is 19.4. The van der Waals surface area contributed by atoms with E-state index in [9.17, 15) is 0 Å². The molecule has 1 fully saturated rings. The largest absolute Gasteiger partial charge is 0.494 e. The molecule has 0 amide bonds. The molecule has 1 aliphatic heterocycles. The van der Waals surface area contributed by atoms with Crippen LogP contribution in [0.15, 0.2) is 78.9 Å². The molecule has 0 unspecified atom stereocenters. The predicted octanol–water partition coefficient (Wildman–Crippen LogP) is 6.31. The molecule has 28 heavy (non-hydrogen) atoms. The molecule has 0 N–H and O–H groups in total. The number of halogens is 2. The Morgan fingerprint density at radius 3 is 2.29 bits per heavy atom. The van der Waals surface area contributed by atoms with E-state index >= 15 is 0 Å². The van der Waals surface area contributed by atoms with Gasteiger partial charge in [-0.2, -0.15) is 0 Å². The second-order valence-corrected chi connectivity index (χ2v) is 8.71. The lowest BCUT2D eigenvalue weighted by Crippen LogP contribution is -2.28. The molecule has 1 aliphatic carbocycles. The summed E-state index contributed by atoms with van der Waals surface area (Å²) in [5, 5.41) is 0. The normalized spacial score (nSPS) is 26.5. The van der Waals surface area contributed by atoms with Crippen LogP contribution in [0.4, 0.5) is 0 Å². The first-order valence-corrected chi connectivity index (χ1v) is 10.3. The van der Waals surface area contributed by atoms with Crippen molar-refractivity contribution in [2.24, 2.45) is 5.92 Å². The van der Waals surface area contributed by atoms with Gasteiger partial charge in [-0.15, -0.1) is 0 Å². The molecule has 0 aromatic heterocycles. The van der Waals surface area contributed by atoms with Gasteiger partial charge in [-0.1, -0.05) is 83.9 Å². The van der Waals surface area contributed by atoms with Gasteiger partial charge in [0.15, 0.2) is 9.93 Å². The van der Waals surface area contributed by atoms with Crippen molar-refractivity contribution in [1.82, 2.24) is 0 Å². The molecule has 2 nitrogen and oxygen atoms in total. The lowest BCUT2D eigenvalue weighted by atomic mass is 9.82. The van der Waals surface area contributed by atoms with Crippen molar-refractivity contribution < 1.29 is 9.47 Å². The van der Waals surface area contributed by atoms with Gasteiger partial charge in [0.2, 0.25) is 0 Å². The molecule has 142 valence electrons. The third-order valence-corrected chi connectivity index (χ3v) is 6.88. The first-order chi connectivity index (χ1) is 13.6. The Balaban J connectivity index is 1.66. The summed E-state index contributed by atoms with van der Waals surface area (Å²) in [6, 6.07) is 26.5. The molecule has 3 atom stereocenters. The van der Waals surface area contributed by atoms with Crippen LogP contribution >= 0.6 is 23.2 Å². The summed E-state index contributed by atoms with van der Waals surface area (Å²) in [7, 11) is 0. The number of alkyl halides is 2. The molecule has 5 rings (SSSR count). The molecule has 0 radical (unpaired) electrons. The topological polar surface area (TPSA) is 18.5 Å². The fourth-order valence-electron chi connectivity index (χ4n) is 4.59. The van der Waals surface area contributed by atoms with Gasteiger partial charge in [-0.3, -0.25) is 0 Å². The fourth-order valence-corrected chi connectivity index (χ4v) is 5.57. The summed E-state index contributed by atoms with van der Waals surface area (Å²) in [6.45, 7) is 2.60. The maximum Gasteiger partial charge on any atom is 0.174 e. The monoisotopic (exact) mass is 410 g/mol. The van der Waals surface area contributed by atoms with Crippen molar-refractivity contribution in [3.8, 4) is 11.5 Å². The highest BCUT2D eigenvalue weighted by Crippen LogP contribution is 2.77. The maximum absolute atomic E-state index is 6.95. The van der Waals surface area contributed by atoms with Gasteiger partial charge in [0.1, 0.15) is 11.5 Å². The maximum atomic E-state index is 6.95. The zero-order valence-electron chi connectivity index (χ0n) is 15.4. The minimum atomic E-state index is -1.03. The molecule has 1 heterocycles. The minimum Gasteiger partial charge on any atom is -0.494 e. The van der Waals surface area contributed by atoms with Gasteiger partial charge in [-0.25, -0.2) is 0 Å². The quantitative estimate of drug-likeness (QED) is 0.469. The Kier molecular flexibility index (Phi) is 4.12. The highest BCUT2D eigenvalue weighted by Gasteiger charge is 2.83. The van der Waals surface area contributed by atoms with Crippen molar-refractivity contribution >= 4 is 23.2 Å². The van der Waals surface area contributed by atoms with Gasteiger partial charge in [0.25, 0.3) is 0 Å². The van der Waals surface area contributed by atoms with Gasteiger partial charge < -0.3 is 9.47 Å². The fraction of sp³-hybridized carbons (Fsp3) is 0.250. The van der Waals surface area contributed by atoms with E-state index in [0.29, 0.717) is 6.61 Å². The van der Waals surface area contributed by atoms with Crippen LogP contribution in [0.5, 0.6) is 11.5 Å². The number of para-hydroxylation sites is 1. The number of fused-ring (bicyclic) bond motifs is 2. The number of benzene rings is 3. The number of hydrogen-bond acceptors (Lipinski definition) is 2. The van der Waals surface area contributed by atoms with Crippen LogP contribution < -0.4 is 9.47 Å². The van der Waals surface area contributed by atoms with E-state index in [2.05, 4.69) is 30.3 Å². The Hall–Kier alpha value is -2.16. The smallest absolute Gasteiger partial charge is 0.174 e. The summed E-state index contributed by atoms with van der Waals surface area (Å²) in [5.41, 5.74) is 2.52. The van der Waals surface area contributed by atoms with Crippen molar-refractivity contribution in [3.63, 3.8) is 0 Å². The zero-order valence-corrected chi connectivity index (χ0v) is 17.0. The minimum absolute atomic E-state index is 0.0627. The Labute approximate surface area is 175 Å².